The lowest BCUT2D eigenvalue weighted by Gasteiger charge is -1.89. The molecule has 3 N–H and O–H groups in total. The third-order valence-corrected chi connectivity index (χ3v) is 1.99. The van der Waals surface area contributed by atoms with E-state index in [0.717, 1.165) is 18.4 Å². The Labute approximate surface area is 77.9 Å². The molecule has 1 aromatic heterocycles. The number of rotatable bonds is 2. The van der Waals surface area contributed by atoms with Gasteiger partial charge in [0.2, 0.25) is 0 Å². The molecule has 13 heavy (non-hydrogen) atoms. The number of carboxylic acid groups (broad SMARTS) is 2. The summed E-state index contributed by atoms with van der Waals surface area (Å²) in [4.78, 5) is 20.5. The molecule has 1 rings (SSSR count). The van der Waals surface area contributed by atoms with Gasteiger partial charge in [0, 0.05) is 7.11 Å². The highest BCUT2D eigenvalue weighted by Gasteiger charge is 2.16. The molecular formula is C7H8O5S. The van der Waals surface area contributed by atoms with Gasteiger partial charge in [0.1, 0.15) is 4.88 Å². The van der Waals surface area contributed by atoms with Crippen LogP contribution in [0, 0.1) is 0 Å². The van der Waals surface area contributed by atoms with E-state index >= 15 is 0 Å². The van der Waals surface area contributed by atoms with Gasteiger partial charge in [-0.05, 0) is 11.4 Å². The normalized spacial score (nSPS) is 8.46. The third-order valence-electron chi connectivity index (χ3n) is 1.09. The minimum Gasteiger partial charge on any atom is -0.478 e. The van der Waals surface area contributed by atoms with E-state index in [9.17, 15) is 9.59 Å². The summed E-state index contributed by atoms with van der Waals surface area (Å²) in [5.41, 5.74) is -0.150. The summed E-state index contributed by atoms with van der Waals surface area (Å²) in [5.74, 6) is -2.40. The minimum atomic E-state index is -1.20. The second kappa shape index (κ2) is 5.28. The van der Waals surface area contributed by atoms with Gasteiger partial charge in [-0.3, -0.25) is 0 Å². The van der Waals surface area contributed by atoms with Gasteiger partial charge in [-0.25, -0.2) is 9.59 Å². The highest BCUT2D eigenvalue weighted by atomic mass is 32.1. The van der Waals surface area contributed by atoms with E-state index < -0.39 is 11.9 Å². The van der Waals surface area contributed by atoms with Gasteiger partial charge in [-0.1, -0.05) is 0 Å². The SMILES string of the molecule is CO.O=C(O)c1ccsc1C(=O)O. The molecule has 0 radical (unpaired) electrons. The Bertz CT molecular complexity index is 275. The number of hydrogen-bond acceptors (Lipinski definition) is 4. The molecule has 0 atom stereocenters. The maximum Gasteiger partial charge on any atom is 0.346 e. The number of thiophene rings is 1. The van der Waals surface area contributed by atoms with Crippen LogP contribution < -0.4 is 0 Å². The number of aliphatic hydroxyl groups is 1. The molecule has 5 nitrogen and oxygen atoms in total. The van der Waals surface area contributed by atoms with Crippen LogP contribution in [0.25, 0.3) is 0 Å². The molecule has 0 aromatic carbocycles. The fraction of sp³-hybridized carbons (Fsp3) is 0.143. The van der Waals surface area contributed by atoms with Crippen molar-refractivity contribution < 1.29 is 24.9 Å². The maximum atomic E-state index is 10.3. The molecule has 0 fully saturated rings. The van der Waals surface area contributed by atoms with Crippen LogP contribution in [-0.4, -0.2) is 34.4 Å². The topological polar surface area (TPSA) is 94.8 Å². The van der Waals surface area contributed by atoms with Crippen molar-refractivity contribution in [1.29, 1.82) is 0 Å². The molecule has 0 saturated heterocycles. The van der Waals surface area contributed by atoms with Crippen molar-refractivity contribution in [3.8, 4) is 0 Å². The Morgan fingerprint density at radius 3 is 2.08 bits per heavy atom. The molecule has 0 aliphatic carbocycles. The monoisotopic (exact) mass is 204 g/mol. The van der Waals surface area contributed by atoms with Crippen molar-refractivity contribution in [2.45, 2.75) is 0 Å². The van der Waals surface area contributed by atoms with Gasteiger partial charge in [-0.2, -0.15) is 0 Å². The lowest BCUT2D eigenvalue weighted by atomic mass is 10.2. The van der Waals surface area contributed by atoms with Crippen molar-refractivity contribution in [3.05, 3.63) is 21.9 Å². The van der Waals surface area contributed by atoms with Crippen LogP contribution in [0.3, 0.4) is 0 Å². The van der Waals surface area contributed by atoms with Crippen LogP contribution in [0.4, 0.5) is 0 Å². The lowest BCUT2D eigenvalue weighted by Crippen LogP contribution is -2.03. The fourth-order valence-corrected chi connectivity index (χ4v) is 1.37. The van der Waals surface area contributed by atoms with Gasteiger partial charge < -0.3 is 15.3 Å². The smallest absolute Gasteiger partial charge is 0.346 e. The van der Waals surface area contributed by atoms with E-state index in [1.165, 1.54) is 11.4 Å². The van der Waals surface area contributed by atoms with Crippen molar-refractivity contribution in [2.75, 3.05) is 7.11 Å². The third kappa shape index (κ3) is 2.85. The molecule has 0 unspecified atom stereocenters. The van der Waals surface area contributed by atoms with Crippen molar-refractivity contribution in [1.82, 2.24) is 0 Å². The Balaban J connectivity index is 0.000000671. The number of aromatic carboxylic acids is 2. The fourth-order valence-electron chi connectivity index (χ4n) is 0.643. The summed E-state index contributed by atoms with van der Waals surface area (Å²) in [6.07, 6.45) is 0. The zero-order chi connectivity index (χ0) is 10.4. The Morgan fingerprint density at radius 2 is 1.77 bits per heavy atom. The molecule has 72 valence electrons. The molecule has 0 aliphatic heterocycles. The zero-order valence-corrected chi connectivity index (χ0v) is 7.54. The van der Waals surface area contributed by atoms with Gasteiger partial charge in [0.25, 0.3) is 0 Å². The van der Waals surface area contributed by atoms with Crippen molar-refractivity contribution >= 4 is 23.3 Å². The van der Waals surface area contributed by atoms with E-state index in [-0.39, 0.29) is 10.4 Å². The molecule has 6 heteroatoms. The Morgan fingerprint density at radius 1 is 1.23 bits per heavy atom. The summed E-state index contributed by atoms with van der Waals surface area (Å²) in [6, 6.07) is 1.27. The molecular weight excluding hydrogens is 196 g/mol. The predicted molar refractivity (Wildman–Crippen MR) is 46.4 cm³/mol. The quantitative estimate of drug-likeness (QED) is 0.660. The molecule has 0 aliphatic rings. The van der Waals surface area contributed by atoms with Gasteiger partial charge in [0.05, 0.1) is 5.56 Å². The Kier molecular flexibility index (Phi) is 4.71. The van der Waals surface area contributed by atoms with Crippen molar-refractivity contribution in [3.63, 3.8) is 0 Å². The first kappa shape index (κ1) is 11.6. The second-order valence-electron chi connectivity index (χ2n) is 1.77. The van der Waals surface area contributed by atoms with E-state index in [1.54, 1.807) is 0 Å². The van der Waals surface area contributed by atoms with Gasteiger partial charge >= 0.3 is 11.9 Å². The first-order valence-corrected chi connectivity index (χ1v) is 3.99. The molecule has 1 aromatic rings. The first-order valence-electron chi connectivity index (χ1n) is 3.11. The second-order valence-corrected chi connectivity index (χ2v) is 2.69. The number of carboxylic acids is 2. The average molecular weight is 204 g/mol. The summed E-state index contributed by atoms with van der Waals surface area (Å²) in [7, 11) is 1.00. The van der Waals surface area contributed by atoms with Crippen LogP contribution in [0.15, 0.2) is 11.4 Å². The van der Waals surface area contributed by atoms with Gasteiger partial charge in [0.15, 0.2) is 0 Å². The standard InChI is InChI=1S/C6H4O4S.CH4O/c7-5(8)3-1-2-11-4(3)6(9)10;1-2/h1-2H,(H,7,8)(H,9,10);2H,1H3. The number of hydrogen-bond donors (Lipinski definition) is 3. The molecule has 0 bridgehead atoms. The van der Waals surface area contributed by atoms with Crippen LogP contribution in [0.2, 0.25) is 0 Å². The maximum absolute atomic E-state index is 10.3. The van der Waals surface area contributed by atoms with Crippen LogP contribution in [-0.2, 0) is 0 Å². The Hall–Kier alpha value is -1.40. The first-order chi connectivity index (χ1) is 6.13. The predicted octanol–water partition coefficient (Wildman–Crippen LogP) is 0.753. The highest BCUT2D eigenvalue weighted by Crippen LogP contribution is 2.16. The van der Waals surface area contributed by atoms with E-state index in [0.29, 0.717) is 0 Å². The van der Waals surface area contributed by atoms with Crippen LogP contribution in [0.1, 0.15) is 20.0 Å². The van der Waals surface area contributed by atoms with Crippen LogP contribution in [0.5, 0.6) is 0 Å². The molecule has 0 saturated carbocycles. The lowest BCUT2D eigenvalue weighted by molar-refractivity contribution is 0.0656. The van der Waals surface area contributed by atoms with E-state index in [1.807, 2.05) is 0 Å². The molecule has 0 amide bonds. The van der Waals surface area contributed by atoms with Crippen molar-refractivity contribution in [2.24, 2.45) is 0 Å². The molecule has 1 heterocycles. The summed E-state index contributed by atoms with van der Waals surface area (Å²) < 4.78 is 0. The van der Waals surface area contributed by atoms with E-state index in [2.05, 4.69) is 0 Å². The summed E-state index contributed by atoms with van der Waals surface area (Å²) >= 11 is 0.906. The minimum absolute atomic E-state index is 0.127. The summed E-state index contributed by atoms with van der Waals surface area (Å²) in [6.45, 7) is 0. The highest BCUT2D eigenvalue weighted by molar-refractivity contribution is 7.12. The van der Waals surface area contributed by atoms with E-state index in [4.69, 9.17) is 15.3 Å². The van der Waals surface area contributed by atoms with Crippen LogP contribution >= 0.6 is 11.3 Å². The van der Waals surface area contributed by atoms with Gasteiger partial charge in [-0.15, -0.1) is 11.3 Å². The average Bonchev–Trinajstić information content (AvgIpc) is 2.55. The molecule has 0 spiro atoms. The number of aliphatic hydroxyl groups excluding tert-OH is 1. The number of carbonyl (C=O) groups is 2. The summed E-state index contributed by atoms with van der Waals surface area (Å²) in [5, 5.41) is 25.3. The zero-order valence-electron chi connectivity index (χ0n) is 6.72. The largest absolute Gasteiger partial charge is 0.478 e.